The van der Waals surface area contributed by atoms with Crippen molar-refractivity contribution in [1.29, 1.82) is 0 Å². The van der Waals surface area contributed by atoms with Crippen molar-refractivity contribution in [3.63, 3.8) is 0 Å². The monoisotopic (exact) mass is 305 g/mol. The van der Waals surface area contributed by atoms with Crippen LogP contribution in [0.1, 0.15) is 13.8 Å². The molecule has 2 atom stereocenters. The van der Waals surface area contributed by atoms with Gasteiger partial charge in [-0.1, -0.05) is 12.1 Å². The first-order valence-corrected chi connectivity index (χ1v) is 6.99. The van der Waals surface area contributed by atoms with Gasteiger partial charge in [-0.15, -0.1) is 0 Å². The highest BCUT2D eigenvalue weighted by Crippen LogP contribution is 2.11. The van der Waals surface area contributed by atoms with Gasteiger partial charge in [0.25, 0.3) is 0 Å². The second kappa shape index (κ2) is 6.05. The van der Waals surface area contributed by atoms with Crippen molar-refractivity contribution in [1.82, 2.24) is 14.5 Å². The number of carbonyl (C=O) groups is 2. The van der Waals surface area contributed by atoms with Crippen molar-refractivity contribution < 1.29 is 14.7 Å². The molecule has 0 aliphatic heterocycles. The quantitative estimate of drug-likeness (QED) is 0.844. The molecule has 0 saturated carbocycles. The molecule has 2 rings (SSSR count). The van der Waals surface area contributed by atoms with Crippen LogP contribution in [-0.4, -0.2) is 32.2 Å². The van der Waals surface area contributed by atoms with Crippen LogP contribution in [0.5, 0.6) is 0 Å². The van der Waals surface area contributed by atoms with Gasteiger partial charge in [-0.05, 0) is 26.0 Å². The largest absolute Gasteiger partial charge is 0.481 e. The van der Waals surface area contributed by atoms with Gasteiger partial charge < -0.3 is 10.4 Å². The number of aromatic nitrogens is 2. The second-order valence-electron chi connectivity index (χ2n) is 5.40. The molecule has 0 radical (unpaired) electrons. The number of hydrogen-bond acceptors (Lipinski definition) is 3. The predicted octanol–water partition coefficient (Wildman–Crippen LogP) is 0.565. The summed E-state index contributed by atoms with van der Waals surface area (Å²) in [6.45, 7) is 3.01. The lowest BCUT2D eigenvalue weighted by atomic mass is 10.0. The lowest BCUT2D eigenvalue weighted by Crippen LogP contribution is -2.42. The predicted molar refractivity (Wildman–Crippen MR) is 81.6 cm³/mol. The number of para-hydroxylation sites is 2. The highest BCUT2D eigenvalue weighted by molar-refractivity contribution is 5.81. The molecule has 118 valence electrons. The van der Waals surface area contributed by atoms with Crippen molar-refractivity contribution in [2.24, 2.45) is 13.0 Å². The molecule has 1 aromatic carbocycles. The minimum Gasteiger partial charge on any atom is -0.481 e. The first-order chi connectivity index (χ1) is 10.3. The zero-order valence-electron chi connectivity index (χ0n) is 12.7. The topological polar surface area (TPSA) is 93.3 Å². The summed E-state index contributed by atoms with van der Waals surface area (Å²) < 4.78 is 2.86. The van der Waals surface area contributed by atoms with Gasteiger partial charge in [-0.25, -0.2) is 4.79 Å². The second-order valence-corrected chi connectivity index (χ2v) is 5.40. The Hall–Kier alpha value is -2.57. The molecule has 2 unspecified atom stereocenters. The Bertz CT molecular complexity index is 775. The molecule has 0 saturated heterocycles. The Kier molecular flexibility index (Phi) is 4.35. The molecule has 0 fully saturated rings. The third-order valence-electron chi connectivity index (χ3n) is 3.88. The van der Waals surface area contributed by atoms with Crippen LogP contribution in [0.3, 0.4) is 0 Å². The van der Waals surface area contributed by atoms with Gasteiger partial charge >= 0.3 is 11.7 Å². The number of amides is 1. The Morgan fingerprint density at radius 3 is 2.41 bits per heavy atom. The summed E-state index contributed by atoms with van der Waals surface area (Å²) in [6, 6.07) is 6.68. The van der Waals surface area contributed by atoms with Crippen LogP contribution < -0.4 is 11.0 Å². The Balaban J connectivity index is 2.21. The molecule has 0 spiro atoms. The fourth-order valence-corrected chi connectivity index (χ4v) is 2.30. The molecule has 7 heteroatoms. The molecular formula is C15H19N3O4. The summed E-state index contributed by atoms with van der Waals surface area (Å²) in [5.74, 6) is -2.07. The zero-order valence-corrected chi connectivity index (χ0v) is 12.7. The number of rotatable bonds is 5. The molecule has 0 bridgehead atoms. The van der Waals surface area contributed by atoms with Crippen molar-refractivity contribution in [2.45, 2.75) is 26.4 Å². The number of benzene rings is 1. The highest BCUT2D eigenvalue weighted by Gasteiger charge is 2.21. The van der Waals surface area contributed by atoms with Gasteiger partial charge in [0.2, 0.25) is 5.91 Å². The van der Waals surface area contributed by atoms with Crippen LogP contribution in [0, 0.1) is 5.92 Å². The lowest BCUT2D eigenvalue weighted by Gasteiger charge is -2.17. The Morgan fingerprint density at radius 2 is 1.82 bits per heavy atom. The number of carboxylic acid groups (broad SMARTS) is 1. The first-order valence-electron chi connectivity index (χ1n) is 6.99. The minimum atomic E-state index is -0.977. The van der Waals surface area contributed by atoms with E-state index in [9.17, 15) is 14.4 Å². The molecule has 0 aliphatic carbocycles. The minimum absolute atomic E-state index is 0.142. The van der Waals surface area contributed by atoms with Gasteiger partial charge in [0, 0.05) is 13.1 Å². The summed E-state index contributed by atoms with van der Waals surface area (Å²) in [5.41, 5.74) is 1.13. The number of carbonyl (C=O) groups excluding carboxylic acids is 1. The fourth-order valence-electron chi connectivity index (χ4n) is 2.30. The van der Waals surface area contributed by atoms with E-state index in [4.69, 9.17) is 5.11 Å². The fraction of sp³-hybridized carbons (Fsp3) is 0.400. The van der Waals surface area contributed by atoms with Crippen LogP contribution in [0.15, 0.2) is 29.1 Å². The number of aliphatic carboxylic acids is 1. The van der Waals surface area contributed by atoms with E-state index in [0.717, 1.165) is 5.52 Å². The number of nitrogens with zero attached hydrogens (tertiary/aromatic N) is 2. The van der Waals surface area contributed by atoms with Crippen molar-refractivity contribution in [3.05, 3.63) is 34.7 Å². The molecule has 1 amide bonds. The van der Waals surface area contributed by atoms with E-state index in [1.54, 1.807) is 32.2 Å². The number of fused-ring (bicyclic) bond motifs is 1. The molecule has 1 aromatic heterocycles. The van der Waals surface area contributed by atoms with E-state index < -0.39 is 17.9 Å². The Morgan fingerprint density at radius 1 is 1.23 bits per heavy atom. The maximum atomic E-state index is 12.2. The van der Waals surface area contributed by atoms with Gasteiger partial charge in [0.1, 0.15) is 6.54 Å². The third kappa shape index (κ3) is 2.88. The van der Waals surface area contributed by atoms with E-state index in [-0.39, 0.29) is 18.1 Å². The Labute approximate surface area is 127 Å². The summed E-state index contributed by atoms with van der Waals surface area (Å²) in [5, 5.41) is 11.6. The van der Waals surface area contributed by atoms with Gasteiger partial charge in [-0.3, -0.25) is 18.7 Å². The van der Waals surface area contributed by atoms with Gasteiger partial charge in [0.15, 0.2) is 0 Å². The average molecular weight is 305 g/mol. The molecule has 2 N–H and O–H groups in total. The molecular weight excluding hydrogens is 286 g/mol. The molecule has 0 aliphatic rings. The smallest absolute Gasteiger partial charge is 0.329 e. The molecule has 2 aromatic rings. The lowest BCUT2D eigenvalue weighted by molar-refractivity contribution is -0.142. The third-order valence-corrected chi connectivity index (χ3v) is 3.88. The summed E-state index contributed by atoms with van der Waals surface area (Å²) in [4.78, 5) is 35.2. The zero-order chi connectivity index (χ0) is 16.4. The normalized spacial score (nSPS) is 13.8. The standard InChI is InChI=1S/C15H19N3O4/c1-9(14(20)21)10(2)16-13(19)8-18-12-7-5-4-6-11(12)17(3)15(18)22/h4-7,9-10H,8H2,1-3H3,(H,16,19)(H,20,21). The van der Waals surface area contributed by atoms with E-state index in [0.29, 0.717) is 5.52 Å². The first kappa shape index (κ1) is 15.8. The number of imidazole rings is 1. The van der Waals surface area contributed by atoms with E-state index >= 15 is 0 Å². The maximum Gasteiger partial charge on any atom is 0.329 e. The summed E-state index contributed by atoms with van der Waals surface area (Å²) >= 11 is 0. The van der Waals surface area contributed by atoms with E-state index in [2.05, 4.69) is 5.32 Å². The summed E-state index contributed by atoms with van der Waals surface area (Å²) in [7, 11) is 1.65. The number of nitrogens with one attached hydrogen (secondary N) is 1. The molecule has 7 nitrogen and oxygen atoms in total. The SMILES string of the molecule is CC(NC(=O)Cn1c(=O)n(C)c2ccccc21)C(C)C(=O)O. The molecule has 22 heavy (non-hydrogen) atoms. The highest BCUT2D eigenvalue weighted by atomic mass is 16.4. The summed E-state index contributed by atoms with van der Waals surface area (Å²) in [6.07, 6.45) is 0. The maximum absolute atomic E-state index is 12.2. The van der Waals surface area contributed by atoms with E-state index in [1.165, 1.54) is 16.1 Å². The number of carboxylic acids is 1. The van der Waals surface area contributed by atoms with Crippen LogP contribution in [0.2, 0.25) is 0 Å². The number of hydrogen-bond donors (Lipinski definition) is 2. The van der Waals surface area contributed by atoms with Crippen LogP contribution in [-0.2, 0) is 23.2 Å². The number of aryl methyl sites for hydroxylation is 1. The van der Waals surface area contributed by atoms with Crippen LogP contribution >= 0.6 is 0 Å². The van der Waals surface area contributed by atoms with Crippen LogP contribution in [0.25, 0.3) is 11.0 Å². The average Bonchev–Trinajstić information content (AvgIpc) is 2.72. The van der Waals surface area contributed by atoms with E-state index in [1.807, 2.05) is 6.07 Å². The van der Waals surface area contributed by atoms with Gasteiger partial charge in [0.05, 0.1) is 17.0 Å². The van der Waals surface area contributed by atoms with Gasteiger partial charge in [-0.2, -0.15) is 0 Å². The van der Waals surface area contributed by atoms with Crippen molar-refractivity contribution in [3.8, 4) is 0 Å². The van der Waals surface area contributed by atoms with Crippen molar-refractivity contribution in [2.75, 3.05) is 0 Å². The van der Waals surface area contributed by atoms with Crippen LogP contribution in [0.4, 0.5) is 0 Å². The molecule has 1 heterocycles. The van der Waals surface area contributed by atoms with Crippen molar-refractivity contribution >= 4 is 22.9 Å².